The summed E-state index contributed by atoms with van der Waals surface area (Å²) in [6, 6.07) is 4.61. The molecule has 0 atom stereocenters. The smallest absolute Gasteiger partial charge is 0.270 e. The fraction of sp³-hybridized carbons (Fsp3) is 0.455. The molecule has 0 aliphatic carbocycles. The molecule has 0 fully saturated rings. The number of hydrogen-bond acceptors (Lipinski definition) is 3. The standard InChI is InChI=1S/C11H14BrNO3/c1-11(2,3)16-10-5-4-9(13(14)15)6-8(10)7-12/h4-6H,7H2,1-3H3. The minimum Gasteiger partial charge on any atom is -0.488 e. The minimum absolute atomic E-state index is 0.0794. The van der Waals surface area contributed by atoms with Crippen LogP contribution in [-0.2, 0) is 5.33 Å². The molecule has 1 aromatic rings. The van der Waals surface area contributed by atoms with E-state index >= 15 is 0 Å². The van der Waals surface area contributed by atoms with Gasteiger partial charge in [0.05, 0.1) is 4.92 Å². The molecule has 0 aliphatic rings. The van der Waals surface area contributed by atoms with Crippen molar-refractivity contribution in [3.8, 4) is 5.75 Å². The van der Waals surface area contributed by atoms with E-state index in [1.165, 1.54) is 12.1 Å². The molecule has 88 valence electrons. The first-order valence-electron chi connectivity index (χ1n) is 4.86. The van der Waals surface area contributed by atoms with Crippen LogP contribution in [-0.4, -0.2) is 10.5 Å². The summed E-state index contributed by atoms with van der Waals surface area (Å²) in [5.41, 5.74) is 0.549. The molecule has 0 aromatic heterocycles. The van der Waals surface area contributed by atoms with Gasteiger partial charge in [-0.25, -0.2) is 0 Å². The fourth-order valence-electron chi connectivity index (χ4n) is 1.21. The first-order chi connectivity index (χ1) is 7.33. The predicted molar refractivity (Wildman–Crippen MR) is 66.1 cm³/mol. The number of halogens is 1. The Morgan fingerprint density at radius 1 is 1.44 bits per heavy atom. The van der Waals surface area contributed by atoms with E-state index in [1.807, 2.05) is 20.8 Å². The van der Waals surface area contributed by atoms with Crippen LogP contribution in [0.5, 0.6) is 5.75 Å². The highest BCUT2D eigenvalue weighted by atomic mass is 79.9. The molecule has 0 unspecified atom stereocenters. The van der Waals surface area contributed by atoms with Gasteiger partial charge in [0.2, 0.25) is 0 Å². The SMILES string of the molecule is CC(C)(C)Oc1ccc([N+](=O)[O-])cc1CBr. The molecule has 0 spiro atoms. The van der Waals surface area contributed by atoms with Crippen LogP contribution in [0.2, 0.25) is 0 Å². The van der Waals surface area contributed by atoms with Crippen LogP contribution in [0.4, 0.5) is 5.69 Å². The van der Waals surface area contributed by atoms with Crippen LogP contribution in [0.3, 0.4) is 0 Å². The second-order valence-corrected chi connectivity index (χ2v) is 4.96. The van der Waals surface area contributed by atoms with E-state index in [9.17, 15) is 10.1 Å². The van der Waals surface area contributed by atoms with Gasteiger partial charge in [-0.05, 0) is 26.8 Å². The van der Waals surface area contributed by atoms with Crippen LogP contribution >= 0.6 is 15.9 Å². The number of hydrogen-bond donors (Lipinski definition) is 0. The van der Waals surface area contributed by atoms with Crippen molar-refractivity contribution in [3.05, 3.63) is 33.9 Å². The predicted octanol–water partition coefficient (Wildman–Crippen LogP) is 3.67. The number of nitro groups is 1. The Morgan fingerprint density at radius 2 is 2.06 bits per heavy atom. The zero-order valence-electron chi connectivity index (χ0n) is 9.49. The van der Waals surface area contributed by atoms with Crippen molar-refractivity contribution in [1.82, 2.24) is 0 Å². The van der Waals surface area contributed by atoms with Crippen molar-refractivity contribution in [2.45, 2.75) is 31.7 Å². The molecular weight excluding hydrogens is 274 g/mol. The molecule has 4 nitrogen and oxygen atoms in total. The summed E-state index contributed by atoms with van der Waals surface area (Å²) in [5.74, 6) is 0.676. The third kappa shape index (κ3) is 3.48. The van der Waals surface area contributed by atoms with Gasteiger partial charge >= 0.3 is 0 Å². The third-order valence-electron chi connectivity index (χ3n) is 1.82. The van der Waals surface area contributed by atoms with Gasteiger partial charge < -0.3 is 4.74 Å². The van der Waals surface area contributed by atoms with Gasteiger partial charge in [0.15, 0.2) is 0 Å². The molecule has 16 heavy (non-hydrogen) atoms. The first kappa shape index (κ1) is 13.0. The second kappa shape index (κ2) is 4.82. The molecule has 0 heterocycles. The van der Waals surface area contributed by atoms with Gasteiger partial charge in [-0.2, -0.15) is 0 Å². The van der Waals surface area contributed by atoms with E-state index in [1.54, 1.807) is 6.07 Å². The van der Waals surface area contributed by atoms with Crippen molar-refractivity contribution in [1.29, 1.82) is 0 Å². The second-order valence-electron chi connectivity index (χ2n) is 4.40. The van der Waals surface area contributed by atoms with Crippen molar-refractivity contribution < 1.29 is 9.66 Å². The molecule has 0 bridgehead atoms. The zero-order chi connectivity index (χ0) is 12.3. The lowest BCUT2D eigenvalue weighted by Crippen LogP contribution is -2.23. The Bertz CT molecular complexity index is 399. The van der Waals surface area contributed by atoms with Crippen molar-refractivity contribution in [3.63, 3.8) is 0 Å². The normalized spacial score (nSPS) is 11.2. The quantitative estimate of drug-likeness (QED) is 0.484. The van der Waals surface area contributed by atoms with Crippen LogP contribution in [0, 0.1) is 10.1 Å². The maximum Gasteiger partial charge on any atom is 0.270 e. The summed E-state index contributed by atoms with van der Waals surface area (Å²) >= 11 is 3.30. The number of alkyl halides is 1. The Hall–Kier alpha value is -1.10. The van der Waals surface area contributed by atoms with Gasteiger partial charge in [0.1, 0.15) is 11.4 Å². The molecule has 5 heteroatoms. The van der Waals surface area contributed by atoms with Crippen molar-refractivity contribution in [2.24, 2.45) is 0 Å². The number of nitro benzene ring substituents is 1. The summed E-state index contributed by atoms with van der Waals surface area (Å²) in [4.78, 5) is 10.2. The summed E-state index contributed by atoms with van der Waals surface area (Å²) < 4.78 is 5.71. The molecule has 0 aliphatic heterocycles. The third-order valence-corrected chi connectivity index (χ3v) is 2.42. The first-order valence-corrected chi connectivity index (χ1v) is 5.98. The van der Waals surface area contributed by atoms with E-state index in [2.05, 4.69) is 15.9 Å². The monoisotopic (exact) mass is 287 g/mol. The highest BCUT2D eigenvalue weighted by molar-refractivity contribution is 9.08. The Labute approximate surface area is 103 Å². The van der Waals surface area contributed by atoms with Crippen LogP contribution < -0.4 is 4.74 Å². The van der Waals surface area contributed by atoms with Gasteiger partial charge in [-0.3, -0.25) is 10.1 Å². The van der Waals surface area contributed by atoms with E-state index in [-0.39, 0.29) is 11.3 Å². The number of rotatable bonds is 3. The van der Waals surface area contributed by atoms with Crippen molar-refractivity contribution >= 4 is 21.6 Å². The van der Waals surface area contributed by atoms with Gasteiger partial charge in [-0.15, -0.1) is 0 Å². The molecule has 0 amide bonds. The highest BCUT2D eigenvalue weighted by Crippen LogP contribution is 2.28. The molecule has 0 N–H and O–H groups in total. The molecule has 0 saturated carbocycles. The Kier molecular flexibility index (Phi) is 3.91. The van der Waals surface area contributed by atoms with E-state index < -0.39 is 4.92 Å². The van der Waals surface area contributed by atoms with Gasteiger partial charge in [-0.1, -0.05) is 15.9 Å². The summed E-state index contributed by atoms with van der Waals surface area (Å²) in [6.07, 6.45) is 0. The Morgan fingerprint density at radius 3 is 2.50 bits per heavy atom. The Balaban J connectivity index is 3.07. The van der Waals surface area contributed by atoms with Crippen LogP contribution in [0.15, 0.2) is 18.2 Å². The summed E-state index contributed by atoms with van der Waals surface area (Å²) in [5, 5.41) is 11.1. The fourth-order valence-corrected chi connectivity index (χ4v) is 1.65. The molecule has 0 saturated heterocycles. The average Bonchev–Trinajstić information content (AvgIpc) is 2.15. The lowest BCUT2D eigenvalue weighted by Gasteiger charge is -2.22. The van der Waals surface area contributed by atoms with E-state index in [4.69, 9.17) is 4.74 Å². The minimum atomic E-state index is -0.410. The lowest BCUT2D eigenvalue weighted by molar-refractivity contribution is -0.384. The maximum absolute atomic E-state index is 10.6. The maximum atomic E-state index is 10.6. The topological polar surface area (TPSA) is 52.4 Å². The van der Waals surface area contributed by atoms with Crippen molar-refractivity contribution in [2.75, 3.05) is 0 Å². The summed E-state index contributed by atoms with van der Waals surface area (Å²) in [6.45, 7) is 5.81. The van der Waals surface area contributed by atoms with E-state index in [0.29, 0.717) is 11.1 Å². The number of benzene rings is 1. The largest absolute Gasteiger partial charge is 0.488 e. The lowest BCUT2D eigenvalue weighted by atomic mass is 10.1. The molecular formula is C11H14BrNO3. The molecule has 1 rings (SSSR count). The van der Waals surface area contributed by atoms with E-state index in [0.717, 1.165) is 5.56 Å². The highest BCUT2D eigenvalue weighted by Gasteiger charge is 2.16. The molecule has 1 aromatic carbocycles. The van der Waals surface area contributed by atoms with Gasteiger partial charge in [0.25, 0.3) is 5.69 Å². The molecule has 0 radical (unpaired) electrons. The summed E-state index contributed by atoms with van der Waals surface area (Å²) in [7, 11) is 0. The average molecular weight is 288 g/mol. The van der Waals surface area contributed by atoms with Crippen LogP contribution in [0.25, 0.3) is 0 Å². The van der Waals surface area contributed by atoms with Crippen LogP contribution in [0.1, 0.15) is 26.3 Å². The number of non-ortho nitro benzene ring substituents is 1. The number of ether oxygens (including phenoxy) is 1. The zero-order valence-corrected chi connectivity index (χ0v) is 11.1. The van der Waals surface area contributed by atoms with Gasteiger partial charge in [0, 0.05) is 23.0 Å². The number of nitrogens with zero attached hydrogens (tertiary/aromatic N) is 1.